The van der Waals surface area contributed by atoms with Crippen LogP contribution in [0.1, 0.15) is 25.5 Å². The van der Waals surface area contributed by atoms with Gasteiger partial charge in [0.05, 0.1) is 0 Å². The molecule has 1 amide bonds. The lowest BCUT2D eigenvalue weighted by Crippen LogP contribution is -2.35. The van der Waals surface area contributed by atoms with Crippen LogP contribution in [0, 0.1) is 7.11 Å². The molecule has 0 heterocycles. The van der Waals surface area contributed by atoms with E-state index < -0.39 is 6.10 Å². The number of carbonyl (C=O) groups is 1. The molecule has 0 aromatic heterocycles. The van der Waals surface area contributed by atoms with E-state index in [1.54, 1.807) is 4.90 Å². The lowest BCUT2D eigenvalue weighted by Gasteiger charge is -2.24. The number of amides is 1. The molecule has 1 atom stereocenters. The summed E-state index contributed by atoms with van der Waals surface area (Å²) in [6.45, 7) is 5.17. The zero-order valence-electron chi connectivity index (χ0n) is 9.72. The maximum Gasteiger partial charge on any atom is 0.256 e. The Labute approximate surface area is 97.0 Å². The van der Waals surface area contributed by atoms with Gasteiger partial charge in [0.2, 0.25) is 0 Å². The van der Waals surface area contributed by atoms with Crippen molar-refractivity contribution < 1.29 is 9.53 Å². The number of rotatable bonds is 5. The standard InChI is InChI=1S/C13H17NO2/c1-4-14(5-2)13(15)12(16-3)11-9-7-6-8-10-11/h3,6-10,12H,4-5H2,1-2H3. The van der Waals surface area contributed by atoms with E-state index >= 15 is 0 Å². The second kappa shape index (κ2) is 6.28. The van der Waals surface area contributed by atoms with Gasteiger partial charge < -0.3 is 9.64 Å². The molecular formula is C13H17NO2. The highest BCUT2D eigenvalue weighted by atomic mass is 16.5. The first-order valence-corrected chi connectivity index (χ1v) is 5.43. The number of hydrogen-bond acceptors (Lipinski definition) is 2. The maximum absolute atomic E-state index is 12.1. The van der Waals surface area contributed by atoms with Gasteiger partial charge in [-0.25, -0.2) is 0 Å². The molecule has 1 aromatic carbocycles. The summed E-state index contributed by atoms with van der Waals surface area (Å²) in [5.41, 5.74) is 0.780. The van der Waals surface area contributed by atoms with Gasteiger partial charge in [0.15, 0.2) is 6.10 Å². The zero-order chi connectivity index (χ0) is 12.0. The fraction of sp³-hybridized carbons (Fsp3) is 0.385. The Morgan fingerprint density at radius 3 is 2.31 bits per heavy atom. The van der Waals surface area contributed by atoms with Crippen molar-refractivity contribution in [1.29, 1.82) is 0 Å². The summed E-state index contributed by atoms with van der Waals surface area (Å²) >= 11 is 0. The normalized spacial score (nSPS) is 12.2. The van der Waals surface area contributed by atoms with Crippen LogP contribution in [0.2, 0.25) is 0 Å². The molecule has 0 aliphatic carbocycles. The van der Waals surface area contributed by atoms with E-state index in [2.05, 4.69) is 0 Å². The predicted octanol–water partition coefficient (Wildman–Crippen LogP) is 2.28. The first-order chi connectivity index (χ1) is 7.74. The summed E-state index contributed by atoms with van der Waals surface area (Å²) in [5, 5.41) is 0. The minimum atomic E-state index is -0.707. The summed E-state index contributed by atoms with van der Waals surface area (Å²) < 4.78 is 4.79. The van der Waals surface area contributed by atoms with Gasteiger partial charge in [-0.1, -0.05) is 30.3 Å². The van der Waals surface area contributed by atoms with Crippen molar-refractivity contribution in [3.63, 3.8) is 0 Å². The molecule has 0 spiro atoms. The highest BCUT2D eigenvalue weighted by molar-refractivity contribution is 5.82. The van der Waals surface area contributed by atoms with E-state index in [-0.39, 0.29) is 5.91 Å². The Bertz CT molecular complexity index is 320. The van der Waals surface area contributed by atoms with E-state index in [1.165, 1.54) is 0 Å². The van der Waals surface area contributed by atoms with Gasteiger partial charge in [0.1, 0.15) is 7.11 Å². The van der Waals surface area contributed by atoms with Gasteiger partial charge in [-0.2, -0.15) is 0 Å². The van der Waals surface area contributed by atoms with Crippen molar-refractivity contribution in [3.8, 4) is 0 Å². The van der Waals surface area contributed by atoms with Crippen molar-refractivity contribution >= 4 is 5.91 Å². The van der Waals surface area contributed by atoms with Gasteiger partial charge in [0.25, 0.3) is 5.91 Å². The molecule has 1 aromatic rings. The van der Waals surface area contributed by atoms with Crippen LogP contribution >= 0.6 is 0 Å². The molecule has 0 bridgehead atoms. The topological polar surface area (TPSA) is 29.5 Å². The van der Waals surface area contributed by atoms with Crippen LogP contribution in [0.5, 0.6) is 0 Å². The van der Waals surface area contributed by atoms with Gasteiger partial charge in [-0.3, -0.25) is 4.79 Å². The van der Waals surface area contributed by atoms with Gasteiger partial charge >= 0.3 is 0 Å². The molecular weight excluding hydrogens is 202 g/mol. The summed E-state index contributed by atoms with van der Waals surface area (Å²) in [6.07, 6.45) is -0.707. The molecule has 3 heteroatoms. The minimum Gasteiger partial charge on any atom is -0.355 e. The average molecular weight is 219 g/mol. The maximum atomic E-state index is 12.1. The molecule has 1 unspecified atom stereocenters. The third-order valence-electron chi connectivity index (χ3n) is 2.54. The summed E-state index contributed by atoms with van der Waals surface area (Å²) in [7, 11) is 5.21. The van der Waals surface area contributed by atoms with Crippen LogP contribution in [0.4, 0.5) is 0 Å². The second-order valence-corrected chi connectivity index (χ2v) is 3.44. The molecule has 0 saturated heterocycles. The van der Waals surface area contributed by atoms with Crippen molar-refractivity contribution in [2.75, 3.05) is 13.1 Å². The third kappa shape index (κ3) is 2.83. The van der Waals surface area contributed by atoms with Crippen molar-refractivity contribution in [2.24, 2.45) is 0 Å². The highest BCUT2D eigenvalue weighted by Crippen LogP contribution is 2.19. The van der Waals surface area contributed by atoms with Crippen LogP contribution in [0.25, 0.3) is 0 Å². The summed E-state index contributed by atoms with van der Waals surface area (Å²) in [6, 6.07) is 9.27. The lowest BCUT2D eigenvalue weighted by molar-refractivity contribution is -0.140. The largest absolute Gasteiger partial charge is 0.355 e. The van der Waals surface area contributed by atoms with Crippen molar-refractivity contribution in [3.05, 3.63) is 43.0 Å². The quantitative estimate of drug-likeness (QED) is 0.760. The van der Waals surface area contributed by atoms with E-state index in [1.807, 2.05) is 44.2 Å². The van der Waals surface area contributed by atoms with E-state index in [0.717, 1.165) is 5.56 Å². The molecule has 0 N–H and O–H groups in total. The number of ether oxygens (including phenoxy) is 1. The second-order valence-electron chi connectivity index (χ2n) is 3.44. The Balaban J connectivity index is 2.86. The van der Waals surface area contributed by atoms with Crippen LogP contribution in [-0.2, 0) is 9.53 Å². The van der Waals surface area contributed by atoms with Gasteiger partial charge in [-0.05, 0) is 19.4 Å². The van der Waals surface area contributed by atoms with Gasteiger partial charge in [0, 0.05) is 13.1 Å². The van der Waals surface area contributed by atoms with Crippen LogP contribution in [0.3, 0.4) is 0 Å². The van der Waals surface area contributed by atoms with Crippen molar-refractivity contribution in [2.45, 2.75) is 20.0 Å². The molecule has 0 saturated carbocycles. The average Bonchev–Trinajstić information content (AvgIpc) is 2.33. The monoisotopic (exact) mass is 219 g/mol. The SMILES string of the molecule is [CH]OC(C(=O)N(CC)CC)c1ccccc1. The Kier molecular flexibility index (Phi) is 4.99. The molecule has 16 heavy (non-hydrogen) atoms. The number of hydrogen-bond donors (Lipinski definition) is 0. The van der Waals surface area contributed by atoms with Crippen LogP contribution in [0.15, 0.2) is 30.3 Å². The van der Waals surface area contributed by atoms with Crippen LogP contribution in [-0.4, -0.2) is 23.9 Å². The lowest BCUT2D eigenvalue weighted by atomic mass is 10.1. The number of benzene rings is 1. The van der Waals surface area contributed by atoms with E-state index in [0.29, 0.717) is 13.1 Å². The van der Waals surface area contributed by atoms with Gasteiger partial charge in [-0.15, -0.1) is 0 Å². The number of carbonyl (C=O) groups excluding carboxylic acids is 1. The smallest absolute Gasteiger partial charge is 0.256 e. The number of likely N-dealkylation sites (N-methyl/N-ethyl adjacent to an activating group) is 1. The van der Waals surface area contributed by atoms with Crippen LogP contribution < -0.4 is 0 Å². The van der Waals surface area contributed by atoms with E-state index in [9.17, 15) is 4.79 Å². The highest BCUT2D eigenvalue weighted by Gasteiger charge is 2.23. The Hall–Kier alpha value is -1.35. The fourth-order valence-corrected chi connectivity index (χ4v) is 1.61. The molecule has 2 radical (unpaired) electrons. The number of nitrogens with zero attached hydrogens (tertiary/aromatic N) is 1. The predicted molar refractivity (Wildman–Crippen MR) is 62.5 cm³/mol. The first-order valence-electron chi connectivity index (χ1n) is 5.43. The van der Waals surface area contributed by atoms with E-state index in [4.69, 9.17) is 11.8 Å². The minimum absolute atomic E-state index is 0.0984. The molecule has 0 aliphatic heterocycles. The molecule has 0 fully saturated rings. The molecule has 0 aliphatic rings. The fourth-order valence-electron chi connectivity index (χ4n) is 1.61. The summed E-state index contributed by atoms with van der Waals surface area (Å²) in [4.78, 5) is 13.8. The first kappa shape index (κ1) is 12.7. The molecule has 3 nitrogen and oxygen atoms in total. The molecule has 86 valence electrons. The zero-order valence-corrected chi connectivity index (χ0v) is 9.72. The Morgan fingerprint density at radius 1 is 1.31 bits per heavy atom. The summed E-state index contributed by atoms with van der Waals surface area (Å²) in [5.74, 6) is -0.0984. The Morgan fingerprint density at radius 2 is 1.88 bits per heavy atom. The third-order valence-corrected chi connectivity index (χ3v) is 2.54. The van der Waals surface area contributed by atoms with Crippen molar-refractivity contribution in [1.82, 2.24) is 4.90 Å². The molecule has 1 rings (SSSR count).